The van der Waals surface area contributed by atoms with Crippen LogP contribution < -0.4 is 11.1 Å². The van der Waals surface area contributed by atoms with Gasteiger partial charge < -0.3 is 11.1 Å². The molecule has 7 heteroatoms. The third-order valence-electron chi connectivity index (χ3n) is 6.58. The summed E-state index contributed by atoms with van der Waals surface area (Å²) in [5.74, 6) is 1.33. The summed E-state index contributed by atoms with van der Waals surface area (Å²) in [6.45, 7) is 2.99. The summed E-state index contributed by atoms with van der Waals surface area (Å²) in [5, 5.41) is 6.85. The Balaban J connectivity index is 1.55. The van der Waals surface area contributed by atoms with Gasteiger partial charge in [0.2, 0.25) is 5.91 Å². The van der Waals surface area contributed by atoms with Crippen LogP contribution in [0.15, 0.2) is 35.7 Å². The predicted molar refractivity (Wildman–Crippen MR) is 126 cm³/mol. The van der Waals surface area contributed by atoms with Crippen LogP contribution in [-0.2, 0) is 11.3 Å². The molecule has 2 atom stereocenters. The van der Waals surface area contributed by atoms with E-state index in [9.17, 15) is 4.79 Å². The third-order valence-corrected chi connectivity index (χ3v) is 7.45. The fourth-order valence-electron chi connectivity index (χ4n) is 4.96. The first-order chi connectivity index (χ1) is 15.2. The number of nitrogens with zero attached hydrogens (tertiary/aromatic N) is 3. The van der Waals surface area contributed by atoms with Gasteiger partial charge in [-0.2, -0.15) is 0 Å². The number of amides is 1. The molecule has 1 aliphatic heterocycles. The molecule has 1 aliphatic carbocycles. The van der Waals surface area contributed by atoms with Gasteiger partial charge in [0.15, 0.2) is 0 Å². The predicted octanol–water partition coefficient (Wildman–Crippen LogP) is 4.41. The highest BCUT2D eigenvalue weighted by Crippen LogP contribution is 2.38. The number of thiophene rings is 1. The Morgan fingerprint density at radius 1 is 1.10 bits per heavy atom. The van der Waals surface area contributed by atoms with E-state index in [1.54, 1.807) is 11.3 Å². The molecule has 0 bridgehead atoms. The Morgan fingerprint density at radius 3 is 2.68 bits per heavy atom. The van der Waals surface area contributed by atoms with Gasteiger partial charge in [-0.3, -0.25) is 9.69 Å². The van der Waals surface area contributed by atoms with Crippen molar-refractivity contribution in [3.05, 3.63) is 41.5 Å². The van der Waals surface area contributed by atoms with Gasteiger partial charge in [-0.1, -0.05) is 43.2 Å². The minimum atomic E-state index is -0.220. The summed E-state index contributed by atoms with van der Waals surface area (Å²) in [5.41, 5.74) is 7.99. The number of nitrogens with two attached hydrogens (primary N) is 1. The molecule has 1 amide bonds. The number of nitrogens with one attached hydrogen (secondary N) is 1. The third kappa shape index (κ3) is 4.29. The molecular weight excluding hydrogens is 406 g/mol. The number of hydrogen-bond acceptors (Lipinski definition) is 6. The van der Waals surface area contributed by atoms with Gasteiger partial charge in [-0.15, -0.1) is 11.3 Å². The van der Waals surface area contributed by atoms with Crippen LogP contribution in [0.5, 0.6) is 0 Å². The molecule has 6 nitrogen and oxygen atoms in total. The van der Waals surface area contributed by atoms with Crippen molar-refractivity contribution in [2.45, 2.75) is 51.1 Å². The molecule has 1 aromatic carbocycles. The highest BCUT2D eigenvalue weighted by Gasteiger charge is 2.32. The number of anilines is 1. The second-order valence-electron chi connectivity index (χ2n) is 8.71. The Hall–Kier alpha value is -2.51. The molecular formula is C24H29N5OS. The van der Waals surface area contributed by atoms with Crippen molar-refractivity contribution in [2.75, 3.05) is 18.4 Å². The number of primary amides is 1. The lowest BCUT2D eigenvalue weighted by atomic mass is 10.0. The number of piperidine rings is 1. The molecule has 2 aromatic heterocycles. The van der Waals surface area contributed by atoms with E-state index in [1.807, 2.05) is 6.07 Å². The summed E-state index contributed by atoms with van der Waals surface area (Å²) >= 11 is 1.66. The van der Waals surface area contributed by atoms with Gasteiger partial charge in [0.25, 0.3) is 0 Å². The van der Waals surface area contributed by atoms with Gasteiger partial charge in [0.05, 0.1) is 17.8 Å². The lowest BCUT2D eigenvalue weighted by molar-refractivity contribution is -0.121. The van der Waals surface area contributed by atoms with Crippen molar-refractivity contribution in [1.29, 1.82) is 0 Å². The van der Waals surface area contributed by atoms with Gasteiger partial charge in [-0.05, 0) is 44.3 Å². The maximum atomic E-state index is 12.0. The van der Waals surface area contributed by atoms with Crippen molar-refractivity contribution in [1.82, 2.24) is 14.9 Å². The van der Waals surface area contributed by atoms with Crippen molar-refractivity contribution >= 4 is 33.3 Å². The largest absolute Gasteiger partial charge is 0.369 e. The summed E-state index contributed by atoms with van der Waals surface area (Å²) in [7, 11) is 0. The van der Waals surface area contributed by atoms with Gasteiger partial charge in [0.1, 0.15) is 16.5 Å². The number of carbonyl (C=O) groups is 1. The number of aromatic nitrogens is 2. The molecule has 2 fully saturated rings. The van der Waals surface area contributed by atoms with E-state index >= 15 is 0 Å². The molecule has 0 radical (unpaired) electrons. The smallest absolute Gasteiger partial charge is 0.222 e. The van der Waals surface area contributed by atoms with Crippen LogP contribution in [-0.4, -0.2) is 39.9 Å². The molecule has 0 spiro atoms. The molecule has 5 rings (SSSR count). The summed E-state index contributed by atoms with van der Waals surface area (Å²) in [4.78, 5) is 25.4. The fourth-order valence-corrected chi connectivity index (χ4v) is 5.92. The molecule has 3 aromatic rings. The van der Waals surface area contributed by atoms with E-state index in [4.69, 9.17) is 15.7 Å². The highest BCUT2D eigenvalue weighted by molar-refractivity contribution is 7.17. The number of likely N-dealkylation sites (tertiary alicyclic amines) is 1. The van der Waals surface area contributed by atoms with E-state index < -0.39 is 0 Å². The number of rotatable bonds is 6. The maximum Gasteiger partial charge on any atom is 0.222 e. The van der Waals surface area contributed by atoms with Crippen LogP contribution in [0.1, 0.15) is 44.3 Å². The summed E-state index contributed by atoms with van der Waals surface area (Å²) in [6.07, 6.45) is 6.59. The second kappa shape index (κ2) is 8.93. The average molecular weight is 436 g/mol. The molecule has 1 saturated carbocycles. The van der Waals surface area contributed by atoms with Crippen LogP contribution >= 0.6 is 11.3 Å². The highest BCUT2D eigenvalue weighted by atomic mass is 32.1. The first-order valence-corrected chi connectivity index (χ1v) is 12.2. The van der Waals surface area contributed by atoms with Crippen molar-refractivity contribution in [2.24, 2.45) is 11.7 Å². The maximum absolute atomic E-state index is 12.0. The van der Waals surface area contributed by atoms with Gasteiger partial charge in [0, 0.05) is 17.0 Å². The standard InChI is InChI=1S/C24H29N5OS/c25-22(30)17-10-7-11-19(17)26-23-21-18(16-8-3-1-4-9-16)15-31-24(21)28-20(27-23)14-29-12-5-2-6-13-29/h1,3-4,8-9,15,17,19H,2,5-7,10-14H2,(H2,25,30)(H,26,27,28)/t17-,19+/m1/s1. The zero-order chi connectivity index (χ0) is 21.2. The molecule has 0 unspecified atom stereocenters. The van der Waals surface area contributed by atoms with Crippen molar-refractivity contribution in [3.63, 3.8) is 0 Å². The average Bonchev–Trinajstić information content (AvgIpc) is 3.42. The molecule has 1 saturated heterocycles. The van der Waals surface area contributed by atoms with Crippen molar-refractivity contribution < 1.29 is 4.79 Å². The van der Waals surface area contributed by atoms with E-state index in [0.29, 0.717) is 0 Å². The second-order valence-corrected chi connectivity index (χ2v) is 9.57. The summed E-state index contributed by atoms with van der Waals surface area (Å²) in [6, 6.07) is 10.4. The molecule has 162 valence electrons. The Labute approximate surface area is 186 Å². The van der Waals surface area contributed by atoms with E-state index in [0.717, 1.165) is 71.9 Å². The lowest BCUT2D eigenvalue weighted by Gasteiger charge is -2.26. The zero-order valence-corrected chi connectivity index (χ0v) is 18.5. The first-order valence-electron chi connectivity index (χ1n) is 11.3. The molecule has 2 aliphatic rings. The summed E-state index contributed by atoms with van der Waals surface area (Å²) < 4.78 is 0. The van der Waals surface area contributed by atoms with Gasteiger partial charge in [-0.25, -0.2) is 9.97 Å². The number of benzene rings is 1. The first kappa shape index (κ1) is 20.4. The van der Waals surface area contributed by atoms with Gasteiger partial charge >= 0.3 is 0 Å². The van der Waals surface area contributed by atoms with E-state index in [1.165, 1.54) is 19.3 Å². The van der Waals surface area contributed by atoms with Crippen LogP contribution in [0, 0.1) is 5.92 Å². The number of hydrogen-bond donors (Lipinski definition) is 2. The normalized spacial score (nSPS) is 22.1. The topological polar surface area (TPSA) is 84.1 Å². The SMILES string of the molecule is NC(=O)[C@@H]1CCC[C@@H]1Nc1nc(CN2CCCCC2)nc2scc(-c3ccccc3)c12. The minimum Gasteiger partial charge on any atom is -0.369 e. The Morgan fingerprint density at radius 2 is 1.90 bits per heavy atom. The minimum absolute atomic E-state index is 0.0296. The Kier molecular flexibility index (Phi) is 5.87. The quantitative estimate of drug-likeness (QED) is 0.599. The molecule has 3 N–H and O–H groups in total. The molecule has 3 heterocycles. The van der Waals surface area contributed by atoms with Crippen LogP contribution in [0.4, 0.5) is 5.82 Å². The van der Waals surface area contributed by atoms with E-state index in [2.05, 4.69) is 39.9 Å². The molecule has 31 heavy (non-hydrogen) atoms. The van der Waals surface area contributed by atoms with Crippen LogP contribution in [0.3, 0.4) is 0 Å². The lowest BCUT2D eigenvalue weighted by Crippen LogP contribution is -2.34. The van der Waals surface area contributed by atoms with Crippen LogP contribution in [0.25, 0.3) is 21.3 Å². The number of carbonyl (C=O) groups excluding carboxylic acids is 1. The number of fused-ring (bicyclic) bond motifs is 1. The fraction of sp³-hybridized carbons (Fsp3) is 0.458. The van der Waals surface area contributed by atoms with Crippen LogP contribution in [0.2, 0.25) is 0 Å². The van der Waals surface area contributed by atoms with E-state index in [-0.39, 0.29) is 17.9 Å². The monoisotopic (exact) mass is 435 g/mol. The van der Waals surface area contributed by atoms with Crippen molar-refractivity contribution in [3.8, 4) is 11.1 Å². The zero-order valence-electron chi connectivity index (χ0n) is 17.7. The Bertz CT molecular complexity index is 1060.